The maximum absolute atomic E-state index is 12.0. The van der Waals surface area contributed by atoms with Gasteiger partial charge in [0.2, 0.25) is 0 Å². The molecule has 0 saturated heterocycles. The molecule has 2 rings (SSSR count). The number of halogens is 1. The third-order valence-corrected chi connectivity index (χ3v) is 3.42. The molecule has 0 spiro atoms. The first-order chi connectivity index (χ1) is 10.6. The summed E-state index contributed by atoms with van der Waals surface area (Å²) in [4.78, 5) is 12.0. The molecule has 0 saturated carbocycles. The van der Waals surface area contributed by atoms with Crippen LogP contribution in [0.3, 0.4) is 0 Å². The number of amides is 2. The van der Waals surface area contributed by atoms with Gasteiger partial charge in [-0.2, -0.15) is 0 Å². The fourth-order valence-corrected chi connectivity index (χ4v) is 2.09. The van der Waals surface area contributed by atoms with Crippen LogP contribution in [0.5, 0.6) is 11.5 Å². The molecule has 0 aliphatic carbocycles. The first kappa shape index (κ1) is 16.0. The Morgan fingerprint density at radius 3 is 2.59 bits per heavy atom. The summed E-state index contributed by atoms with van der Waals surface area (Å²) < 4.78 is 10.3. The van der Waals surface area contributed by atoms with E-state index in [9.17, 15) is 4.79 Å². The summed E-state index contributed by atoms with van der Waals surface area (Å²) in [6.07, 6.45) is 0. The van der Waals surface area contributed by atoms with Crippen LogP contribution in [0, 0.1) is 0 Å². The number of urea groups is 1. The lowest BCUT2D eigenvalue weighted by atomic mass is 10.2. The number of hydrogen-bond donors (Lipinski definition) is 2. The summed E-state index contributed by atoms with van der Waals surface area (Å²) in [5.41, 5.74) is 1.40. The number of rotatable bonds is 5. The fourth-order valence-electron chi connectivity index (χ4n) is 1.89. The second-order valence-corrected chi connectivity index (χ2v) is 4.87. The molecule has 5 nitrogen and oxygen atoms in total. The summed E-state index contributed by atoms with van der Waals surface area (Å²) in [6.45, 7) is 0.337. The smallest absolute Gasteiger partial charge is 0.319 e. The molecule has 0 aliphatic heterocycles. The van der Waals surface area contributed by atoms with Gasteiger partial charge in [0.1, 0.15) is 11.5 Å². The van der Waals surface area contributed by atoms with E-state index in [1.807, 2.05) is 18.2 Å². The molecule has 2 aromatic rings. The molecule has 0 bridgehead atoms. The van der Waals surface area contributed by atoms with Gasteiger partial charge in [-0.15, -0.1) is 0 Å². The minimum Gasteiger partial charge on any atom is -0.497 e. The van der Waals surface area contributed by atoms with E-state index in [-0.39, 0.29) is 6.03 Å². The largest absolute Gasteiger partial charge is 0.497 e. The van der Waals surface area contributed by atoms with Crippen molar-refractivity contribution in [1.29, 1.82) is 0 Å². The lowest BCUT2D eigenvalue weighted by Gasteiger charge is -2.12. The van der Waals surface area contributed by atoms with E-state index in [1.54, 1.807) is 31.4 Å². The van der Waals surface area contributed by atoms with Gasteiger partial charge in [-0.05, 0) is 23.8 Å². The number of benzene rings is 2. The van der Waals surface area contributed by atoms with Gasteiger partial charge in [0.15, 0.2) is 0 Å². The highest BCUT2D eigenvalue weighted by atomic mass is 35.5. The minimum absolute atomic E-state index is 0.337. The zero-order valence-electron chi connectivity index (χ0n) is 12.4. The van der Waals surface area contributed by atoms with Crippen LogP contribution >= 0.6 is 11.6 Å². The molecular weight excluding hydrogens is 304 g/mol. The molecule has 0 unspecified atom stereocenters. The van der Waals surface area contributed by atoms with Crippen molar-refractivity contribution in [2.75, 3.05) is 19.5 Å². The third kappa shape index (κ3) is 4.05. The van der Waals surface area contributed by atoms with Crippen LogP contribution in [-0.4, -0.2) is 20.3 Å². The molecule has 0 fully saturated rings. The predicted octanol–water partition coefficient (Wildman–Crippen LogP) is 3.68. The molecule has 0 aromatic heterocycles. The number of carbonyl (C=O) groups is 1. The van der Waals surface area contributed by atoms with Crippen LogP contribution in [0.1, 0.15) is 5.56 Å². The normalized spacial score (nSPS) is 9.95. The number of nitrogens with one attached hydrogen (secondary N) is 2. The van der Waals surface area contributed by atoms with Gasteiger partial charge in [0.25, 0.3) is 0 Å². The molecule has 116 valence electrons. The lowest BCUT2D eigenvalue weighted by Crippen LogP contribution is -2.28. The van der Waals surface area contributed by atoms with E-state index >= 15 is 0 Å². The summed E-state index contributed by atoms with van der Waals surface area (Å²) in [6, 6.07) is 12.2. The zero-order chi connectivity index (χ0) is 15.9. The van der Waals surface area contributed by atoms with Crippen molar-refractivity contribution in [3.05, 3.63) is 53.1 Å². The van der Waals surface area contributed by atoms with Crippen LogP contribution in [0.2, 0.25) is 5.02 Å². The number of methoxy groups -OCH3 is 2. The lowest BCUT2D eigenvalue weighted by molar-refractivity contribution is 0.251. The van der Waals surface area contributed by atoms with Crippen molar-refractivity contribution >= 4 is 23.3 Å². The molecule has 0 aliphatic rings. The Kier molecular flexibility index (Phi) is 5.49. The summed E-state index contributed by atoms with van der Waals surface area (Å²) in [5, 5.41) is 6.09. The molecule has 0 heterocycles. The standard InChI is InChI=1S/C16H17ClN2O3/c1-21-12-7-8-14(15(9-12)22-2)19-16(20)18-10-11-5-3-4-6-13(11)17/h3-9H,10H2,1-2H3,(H2,18,19,20). The monoisotopic (exact) mass is 320 g/mol. The van der Waals surface area contributed by atoms with E-state index in [0.717, 1.165) is 5.56 Å². The van der Waals surface area contributed by atoms with Gasteiger partial charge in [-0.3, -0.25) is 0 Å². The topological polar surface area (TPSA) is 59.6 Å². The van der Waals surface area contributed by atoms with Gasteiger partial charge in [0, 0.05) is 17.6 Å². The molecular formula is C16H17ClN2O3. The van der Waals surface area contributed by atoms with Gasteiger partial charge in [-0.25, -0.2) is 4.79 Å². The van der Waals surface area contributed by atoms with Crippen LogP contribution < -0.4 is 20.1 Å². The first-order valence-electron chi connectivity index (χ1n) is 6.64. The number of hydrogen-bond acceptors (Lipinski definition) is 3. The molecule has 2 amide bonds. The quantitative estimate of drug-likeness (QED) is 0.883. The van der Waals surface area contributed by atoms with Gasteiger partial charge in [0.05, 0.1) is 19.9 Å². The van der Waals surface area contributed by atoms with Crippen LogP contribution in [0.4, 0.5) is 10.5 Å². The maximum atomic E-state index is 12.0. The van der Waals surface area contributed by atoms with E-state index in [0.29, 0.717) is 28.8 Å². The first-order valence-corrected chi connectivity index (χ1v) is 7.02. The SMILES string of the molecule is COc1ccc(NC(=O)NCc2ccccc2Cl)c(OC)c1. The third-order valence-electron chi connectivity index (χ3n) is 3.05. The van der Waals surface area contributed by atoms with Crippen molar-refractivity contribution in [3.63, 3.8) is 0 Å². The zero-order valence-corrected chi connectivity index (χ0v) is 13.1. The van der Waals surface area contributed by atoms with E-state index in [4.69, 9.17) is 21.1 Å². The fraction of sp³-hybridized carbons (Fsp3) is 0.188. The van der Waals surface area contributed by atoms with E-state index in [1.165, 1.54) is 7.11 Å². The second-order valence-electron chi connectivity index (χ2n) is 4.47. The average molecular weight is 321 g/mol. The van der Waals surface area contributed by atoms with E-state index in [2.05, 4.69) is 10.6 Å². The Morgan fingerprint density at radius 2 is 1.91 bits per heavy atom. The molecule has 22 heavy (non-hydrogen) atoms. The van der Waals surface area contributed by atoms with Crippen LogP contribution in [0.25, 0.3) is 0 Å². The highest BCUT2D eigenvalue weighted by Crippen LogP contribution is 2.28. The summed E-state index contributed by atoms with van der Waals surface area (Å²) in [5.74, 6) is 1.17. The Morgan fingerprint density at radius 1 is 1.14 bits per heavy atom. The van der Waals surface area contributed by atoms with Crippen molar-refractivity contribution in [2.24, 2.45) is 0 Å². The molecule has 2 N–H and O–H groups in total. The molecule has 0 atom stereocenters. The summed E-state index contributed by atoms with van der Waals surface area (Å²) in [7, 11) is 3.10. The Labute approximate surface area is 134 Å². The maximum Gasteiger partial charge on any atom is 0.319 e. The highest BCUT2D eigenvalue weighted by Gasteiger charge is 2.09. The Bertz CT molecular complexity index is 662. The van der Waals surface area contributed by atoms with Gasteiger partial charge < -0.3 is 20.1 Å². The summed E-state index contributed by atoms with van der Waals surface area (Å²) >= 11 is 6.04. The van der Waals surface area contributed by atoms with Crippen molar-refractivity contribution < 1.29 is 14.3 Å². The van der Waals surface area contributed by atoms with Crippen molar-refractivity contribution in [2.45, 2.75) is 6.54 Å². The van der Waals surface area contributed by atoms with Gasteiger partial charge >= 0.3 is 6.03 Å². The van der Waals surface area contributed by atoms with Crippen molar-refractivity contribution in [3.8, 4) is 11.5 Å². The van der Waals surface area contributed by atoms with Crippen LogP contribution in [-0.2, 0) is 6.54 Å². The minimum atomic E-state index is -0.344. The Balaban J connectivity index is 1.99. The van der Waals surface area contributed by atoms with E-state index < -0.39 is 0 Å². The van der Waals surface area contributed by atoms with Crippen LogP contribution in [0.15, 0.2) is 42.5 Å². The molecule has 0 radical (unpaired) electrons. The number of carbonyl (C=O) groups excluding carboxylic acids is 1. The van der Waals surface area contributed by atoms with Crippen molar-refractivity contribution in [1.82, 2.24) is 5.32 Å². The Hall–Kier alpha value is -2.40. The number of ether oxygens (including phenoxy) is 2. The number of anilines is 1. The molecule has 6 heteroatoms. The second kappa shape index (κ2) is 7.56. The highest BCUT2D eigenvalue weighted by molar-refractivity contribution is 6.31. The average Bonchev–Trinajstić information content (AvgIpc) is 2.54. The molecule has 2 aromatic carbocycles. The predicted molar refractivity (Wildman–Crippen MR) is 86.9 cm³/mol. The van der Waals surface area contributed by atoms with Gasteiger partial charge in [-0.1, -0.05) is 29.8 Å².